The molecular formula is C18H25N5O. The summed E-state index contributed by atoms with van der Waals surface area (Å²) in [6.07, 6.45) is 4.92. The maximum Gasteiger partial charge on any atom is 0.0594 e. The summed E-state index contributed by atoms with van der Waals surface area (Å²) in [5, 5.41) is 4.48. The van der Waals surface area contributed by atoms with Crippen molar-refractivity contribution in [3.05, 3.63) is 48.0 Å². The molecule has 0 unspecified atom stereocenters. The summed E-state index contributed by atoms with van der Waals surface area (Å²) in [7, 11) is 0. The van der Waals surface area contributed by atoms with Crippen LogP contribution in [0.3, 0.4) is 0 Å². The fourth-order valence-corrected chi connectivity index (χ4v) is 3.66. The van der Waals surface area contributed by atoms with Crippen LogP contribution in [0.4, 0.5) is 0 Å². The highest BCUT2D eigenvalue weighted by atomic mass is 16.5. The van der Waals surface area contributed by atoms with E-state index < -0.39 is 0 Å². The van der Waals surface area contributed by atoms with Crippen molar-refractivity contribution in [3.8, 4) is 0 Å². The van der Waals surface area contributed by atoms with E-state index in [4.69, 9.17) is 4.74 Å². The Balaban J connectivity index is 1.51. The Morgan fingerprint density at radius 1 is 1.08 bits per heavy atom. The summed E-state index contributed by atoms with van der Waals surface area (Å²) in [6, 6.07) is 8.83. The Morgan fingerprint density at radius 3 is 2.83 bits per heavy atom. The van der Waals surface area contributed by atoms with E-state index in [-0.39, 0.29) is 0 Å². The van der Waals surface area contributed by atoms with Gasteiger partial charge in [0.1, 0.15) is 0 Å². The number of fused-ring (bicyclic) bond motifs is 1. The average Bonchev–Trinajstić information content (AvgIpc) is 3.01. The molecule has 0 spiro atoms. The van der Waals surface area contributed by atoms with Crippen LogP contribution in [-0.4, -0.2) is 63.5 Å². The van der Waals surface area contributed by atoms with Crippen LogP contribution in [0, 0.1) is 0 Å². The summed E-state index contributed by atoms with van der Waals surface area (Å²) in [5.41, 5.74) is 2.44. The van der Waals surface area contributed by atoms with Crippen LogP contribution in [0.5, 0.6) is 0 Å². The second-order valence-electron chi connectivity index (χ2n) is 6.63. The topological polar surface area (TPSA) is 46.4 Å². The van der Waals surface area contributed by atoms with E-state index in [1.807, 2.05) is 18.5 Å². The third-order valence-corrected chi connectivity index (χ3v) is 5.02. The summed E-state index contributed by atoms with van der Waals surface area (Å²) in [6.45, 7) is 7.71. The van der Waals surface area contributed by atoms with Crippen LogP contribution in [0.1, 0.15) is 17.8 Å². The van der Waals surface area contributed by atoms with Crippen molar-refractivity contribution in [2.24, 2.45) is 0 Å². The molecule has 4 rings (SSSR count). The van der Waals surface area contributed by atoms with Gasteiger partial charge in [0.05, 0.1) is 24.6 Å². The van der Waals surface area contributed by atoms with Crippen molar-refractivity contribution >= 4 is 0 Å². The Hall–Kier alpha value is -1.76. The Morgan fingerprint density at radius 2 is 2.00 bits per heavy atom. The van der Waals surface area contributed by atoms with Crippen LogP contribution >= 0.6 is 0 Å². The normalized spacial score (nSPS) is 22.9. The molecule has 2 aromatic rings. The zero-order valence-corrected chi connectivity index (χ0v) is 14.0. The van der Waals surface area contributed by atoms with Crippen molar-refractivity contribution in [1.29, 1.82) is 0 Å². The average molecular weight is 327 g/mol. The lowest BCUT2D eigenvalue weighted by Crippen LogP contribution is -2.46. The van der Waals surface area contributed by atoms with E-state index in [9.17, 15) is 0 Å². The van der Waals surface area contributed by atoms with E-state index >= 15 is 0 Å². The van der Waals surface area contributed by atoms with Crippen molar-refractivity contribution < 1.29 is 4.74 Å². The van der Waals surface area contributed by atoms with Gasteiger partial charge < -0.3 is 4.74 Å². The number of rotatable bonds is 4. The lowest BCUT2D eigenvalue weighted by atomic mass is 10.1. The van der Waals surface area contributed by atoms with Gasteiger partial charge in [0.2, 0.25) is 0 Å². The van der Waals surface area contributed by atoms with Gasteiger partial charge in [-0.2, -0.15) is 5.10 Å². The van der Waals surface area contributed by atoms with E-state index in [1.54, 1.807) is 0 Å². The fraction of sp³-hybridized carbons (Fsp3) is 0.556. The Bertz CT molecular complexity index is 638. The number of hydrogen-bond donors (Lipinski definition) is 0. The highest BCUT2D eigenvalue weighted by Crippen LogP contribution is 2.20. The van der Waals surface area contributed by atoms with Gasteiger partial charge in [-0.15, -0.1) is 0 Å². The largest absolute Gasteiger partial charge is 0.379 e. The standard InChI is InChI=1S/C18H25N5O/c1-2-6-19-16(3-1)13-22-15-18-4-7-20-23(18)8-5-17(22)14-21-9-11-24-12-10-21/h1-4,6-7,17H,5,8-15H2/t17-/m1/s1. The van der Waals surface area contributed by atoms with Crippen LogP contribution in [0.25, 0.3) is 0 Å². The molecule has 0 aromatic carbocycles. The van der Waals surface area contributed by atoms with Gasteiger partial charge in [-0.3, -0.25) is 19.5 Å². The number of hydrogen-bond acceptors (Lipinski definition) is 5. The van der Waals surface area contributed by atoms with Gasteiger partial charge in [-0.1, -0.05) is 6.07 Å². The fourth-order valence-electron chi connectivity index (χ4n) is 3.66. The first-order valence-corrected chi connectivity index (χ1v) is 8.83. The van der Waals surface area contributed by atoms with Crippen LogP contribution in [0.2, 0.25) is 0 Å². The molecule has 128 valence electrons. The quantitative estimate of drug-likeness (QED) is 0.849. The third-order valence-electron chi connectivity index (χ3n) is 5.02. The first-order valence-electron chi connectivity index (χ1n) is 8.83. The second-order valence-corrected chi connectivity index (χ2v) is 6.63. The number of aromatic nitrogens is 3. The molecule has 6 heteroatoms. The van der Waals surface area contributed by atoms with Crippen molar-refractivity contribution in [2.75, 3.05) is 32.8 Å². The highest BCUT2D eigenvalue weighted by molar-refractivity contribution is 5.07. The first-order chi connectivity index (χ1) is 11.9. The molecule has 0 amide bonds. The molecule has 6 nitrogen and oxygen atoms in total. The zero-order chi connectivity index (χ0) is 16.2. The molecule has 1 atom stereocenters. The first kappa shape index (κ1) is 15.7. The third kappa shape index (κ3) is 3.66. The molecule has 1 saturated heterocycles. The summed E-state index contributed by atoms with van der Waals surface area (Å²) < 4.78 is 7.65. The Labute approximate surface area is 143 Å². The highest BCUT2D eigenvalue weighted by Gasteiger charge is 2.27. The van der Waals surface area contributed by atoms with Crippen LogP contribution in [0.15, 0.2) is 36.7 Å². The second kappa shape index (κ2) is 7.42. The summed E-state index contributed by atoms with van der Waals surface area (Å²) >= 11 is 0. The molecule has 24 heavy (non-hydrogen) atoms. The molecule has 2 aliphatic rings. The molecule has 2 aliphatic heterocycles. The van der Waals surface area contributed by atoms with E-state index in [0.717, 1.165) is 64.6 Å². The SMILES string of the molecule is c1ccc(CN2Cc3ccnn3CC[C@@H]2CN2CCOCC2)nc1. The van der Waals surface area contributed by atoms with Crippen LogP contribution in [-0.2, 0) is 24.4 Å². The smallest absolute Gasteiger partial charge is 0.0594 e. The van der Waals surface area contributed by atoms with Gasteiger partial charge in [0.25, 0.3) is 0 Å². The van der Waals surface area contributed by atoms with Gasteiger partial charge >= 0.3 is 0 Å². The monoisotopic (exact) mass is 327 g/mol. The van der Waals surface area contributed by atoms with E-state index in [2.05, 4.69) is 42.8 Å². The van der Waals surface area contributed by atoms with Gasteiger partial charge in [-0.25, -0.2) is 0 Å². The molecule has 0 bridgehead atoms. The maximum atomic E-state index is 5.49. The minimum absolute atomic E-state index is 0.520. The van der Waals surface area contributed by atoms with Gasteiger partial charge in [0, 0.05) is 57.7 Å². The minimum atomic E-state index is 0.520. The van der Waals surface area contributed by atoms with Crippen molar-refractivity contribution in [2.45, 2.75) is 32.1 Å². The van der Waals surface area contributed by atoms with Gasteiger partial charge in [-0.05, 0) is 24.6 Å². The molecule has 0 N–H and O–H groups in total. The van der Waals surface area contributed by atoms with Gasteiger partial charge in [0.15, 0.2) is 0 Å². The molecule has 0 radical (unpaired) electrons. The number of ether oxygens (including phenoxy) is 1. The number of morpholine rings is 1. The number of nitrogens with zero attached hydrogens (tertiary/aromatic N) is 5. The van der Waals surface area contributed by atoms with Crippen molar-refractivity contribution in [3.63, 3.8) is 0 Å². The van der Waals surface area contributed by atoms with E-state index in [0.29, 0.717) is 6.04 Å². The summed E-state index contributed by atoms with van der Waals surface area (Å²) in [5.74, 6) is 0. The predicted octanol–water partition coefficient (Wildman–Crippen LogP) is 1.38. The minimum Gasteiger partial charge on any atom is -0.379 e. The maximum absolute atomic E-state index is 5.49. The summed E-state index contributed by atoms with van der Waals surface area (Å²) in [4.78, 5) is 9.63. The van der Waals surface area contributed by atoms with Crippen molar-refractivity contribution in [1.82, 2.24) is 24.6 Å². The predicted molar refractivity (Wildman–Crippen MR) is 91.4 cm³/mol. The molecule has 2 aromatic heterocycles. The Kier molecular flexibility index (Phi) is 4.87. The molecule has 1 fully saturated rings. The zero-order valence-electron chi connectivity index (χ0n) is 14.0. The van der Waals surface area contributed by atoms with E-state index in [1.165, 1.54) is 5.69 Å². The lowest BCUT2D eigenvalue weighted by molar-refractivity contribution is 0.0195. The molecular weight excluding hydrogens is 302 g/mol. The molecule has 4 heterocycles. The number of pyridine rings is 1. The molecule has 0 aliphatic carbocycles. The number of aryl methyl sites for hydroxylation is 1. The lowest BCUT2D eigenvalue weighted by Gasteiger charge is -2.35. The van der Waals surface area contributed by atoms with Crippen LogP contribution < -0.4 is 0 Å². The molecule has 0 saturated carbocycles.